The van der Waals surface area contributed by atoms with Crippen molar-refractivity contribution in [2.45, 2.75) is 26.7 Å². The zero-order chi connectivity index (χ0) is 12.6. The molecule has 0 aliphatic carbocycles. The van der Waals surface area contributed by atoms with Crippen molar-refractivity contribution >= 4 is 22.9 Å². The average molecular weight is 270 g/mol. The predicted molar refractivity (Wildman–Crippen MR) is 69.8 cm³/mol. The molecule has 0 fully saturated rings. The van der Waals surface area contributed by atoms with Gasteiger partial charge in [-0.1, -0.05) is 36.8 Å². The van der Waals surface area contributed by atoms with Crippen LogP contribution in [0.5, 0.6) is 0 Å². The number of hydrogen-bond donors (Lipinski definition) is 1. The van der Waals surface area contributed by atoms with Crippen molar-refractivity contribution in [2.24, 2.45) is 0 Å². The zero-order valence-corrected chi connectivity index (χ0v) is 11.3. The van der Waals surface area contributed by atoms with Gasteiger partial charge in [0.2, 0.25) is 0 Å². The van der Waals surface area contributed by atoms with Gasteiger partial charge in [0.05, 0.1) is 6.20 Å². The molecular formula is C11H12ClN3OS. The number of thiazole rings is 1. The molecule has 0 saturated carbocycles. The van der Waals surface area contributed by atoms with Crippen molar-refractivity contribution in [1.29, 1.82) is 0 Å². The van der Waals surface area contributed by atoms with Gasteiger partial charge in [0.1, 0.15) is 4.34 Å². The second-order valence-electron chi connectivity index (χ2n) is 4.04. The van der Waals surface area contributed by atoms with E-state index in [1.165, 1.54) is 11.3 Å². The summed E-state index contributed by atoms with van der Waals surface area (Å²) in [6.45, 7) is 5.78. The van der Waals surface area contributed by atoms with E-state index in [0.717, 1.165) is 11.3 Å². The van der Waals surface area contributed by atoms with Crippen LogP contribution >= 0.6 is 22.9 Å². The number of nitrogens with zero attached hydrogens (tertiary/aromatic N) is 2. The Bertz CT molecular complexity index is 603. The second-order valence-corrected chi connectivity index (χ2v) is 5.70. The highest BCUT2D eigenvalue weighted by atomic mass is 35.5. The summed E-state index contributed by atoms with van der Waals surface area (Å²) < 4.78 is 0.577. The number of aromatic nitrogens is 3. The van der Waals surface area contributed by atoms with E-state index < -0.39 is 0 Å². The summed E-state index contributed by atoms with van der Waals surface area (Å²) in [5.41, 5.74) is 1.36. The van der Waals surface area contributed by atoms with Crippen molar-refractivity contribution < 1.29 is 0 Å². The molecule has 90 valence electrons. The first kappa shape index (κ1) is 12.3. The summed E-state index contributed by atoms with van der Waals surface area (Å²) in [5, 5.41) is 0.630. The molecule has 0 aliphatic rings. The third-order valence-corrected chi connectivity index (χ3v) is 3.52. The lowest BCUT2D eigenvalue weighted by Crippen LogP contribution is -2.18. The average Bonchev–Trinajstić information content (AvgIpc) is 2.63. The molecule has 1 N–H and O–H groups in total. The topological polar surface area (TPSA) is 58.6 Å². The zero-order valence-electron chi connectivity index (χ0n) is 9.74. The predicted octanol–water partition coefficient (Wildman–Crippen LogP) is 2.98. The van der Waals surface area contributed by atoms with Crippen LogP contribution in [0.2, 0.25) is 4.34 Å². The van der Waals surface area contributed by atoms with E-state index in [-0.39, 0.29) is 11.5 Å². The van der Waals surface area contributed by atoms with Crippen LogP contribution in [0.1, 0.15) is 31.0 Å². The number of aryl methyl sites for hydroxylation is 1. The van der Waals surface area contributed by atoms with Gasteiger partial charge in [-0.05, 0) is 12.8 Å². The van der Waals surface area contributed by atoms with E-state index in [4.69, 9.17) is 11.6 Å². The van der Waals surface area contributed by atoms with E-state index in [2.05, 4.69) is 15.0 Å². The van der Waals surface area contributed by atoms with Crippen molar-refractivity contribution in [3.63, 3.8) is 0 Å². The molecule has 6 heteroatoms. The number of nitrogens with one attached hydrogen (secondary N) is 1. The van der Waals surface area contributed by atoms with Crippen LogP contribution in [0.3, 0.4) is 0 Å². The summed E-state index contributed by atoms with van der Waals surface area (Å²) >= 11 is 7.10. The number of H-pyrrole nitrogens is 1. The van der Waals surface area contributed by atoms with Gasteiger partial charge in [-0.3, -0.25) is 4.79 Å². The Kier molecular flexibility index (Phi) is 3.31. The molecule has 0 spiro atoms. The monoisotopic (exact) mass is 269 g/mol. The summed E-state index contributed by atoms with van der Waals surface area (Å²) in [6.07, 6.45) is 1.55. The van der Waals surface area contributed by atoms with Crippen LogP contribution < -0.4 is 5.56 Å². The maximum absolute atomic E-state index is 11.9. The van der Waals surface area contributed by atoms with Crippen molar-refractivity contribution in [1.82, 2.24) is 15.0 Å². The molecule has 0 amide bonds. The lowest BCUT2D eigenvalue weighted by molar-refractivity contribution is 0.814. The highest BCUT2D eigenvalue weighted by Crippen LogP contribution is 2.25. The number of rotatable bonds is 2. The molecule has 0 saturated heterocycles. The number of aromatic amines is 1. The van der Waals surface area contributed by atoms with Gasteiger partial charge in [0.25, 0.3) is 5.56 Å². The molecule has 2 rings (SSSR count). The molecule has 0 unspecified atom stereocenters. The van der Waals surface area contributed by atoms with Gasteiger partial charge in [-0.2, -0.15) is 0 Å². The summed E-state index contributed by atoms with van der Waals surface area (Å²) in [7, 11) is 0. The van der Waals surface area contributed by atoms with Crippen molar-refractivity contribution in [3.8, 4) is 10.8 Å². The number of halogens is 1. The lowest BCUT2D eigenvalue weighted by atomic mass is 10.0. The fraction of sp³-hybridized carbons (Fsp3) is 0.364. The van der Waals surface area contributed by atoms with Gasteiger partial charge in [0, 0.05) is 11.3 Å². The van der Waals surface area contributed by atoms with Crippen molar-refractivity contribution in [3.05, 3.63) is 32.1 Å². The van der Waals surface area contributed by atoms with E-state index in [1.807, 2.05) is 20.8 Å². The molecule has 2 heterocycles. The fourth-order valence-electron chi connectivity index (χ4n) is 1.74. The van der Waals surface area contributed by atoms with Gasteiger partial charge >= 0.3 is 0 Å². The molecule has 17 heavy (non-hydrogen) atoms. The molecule has 2 aromatic heterocycles. The van der Waals surface area contributed by atoms with Crippen molar-refractivity contribution in [2.75, 3.05) is 0 Å². The molecule has 0 aliphatic heterocycles. The maximum atomic E-state index is 11.9. The smallest absolute Gasteiger partial charge is 0.254 e. The Morgan fingerprint density at radius 1 is 1.47 bits per heavy atom. The third-order valence-electron chi connectivity index (χ3n) is 2.40. The molecule has 0 bridgehead atoms. The van der Waals surface area contributed by atoms with E-state index in [0.29, 0.717) is 15.2 Å². The van der Waals surface area contributed by atoms with Crippen LogP contribution in [0.15, 0.2) is 11.0 Å². The summed E-state index contributed by atoms with van der Waals surface area (Å²) in [4.78, 5) is 23.2. The van der Waals surface area contributed by atoms with Gasteiger partial charge < -0.3 is 4.98 Å². The highest BCUT2D eigenvalue weighted by Gasteiger charge is 2.14. The summed E-state index contributed by atoms with van der Waals surface area (Å²) in [5.74, 6) is 0.633. The fourth-order valence-corrected chi connectivity index (χ4v) is 2.60. The minimum Gasteiger partial charge on any atom is -0.304 e. The molecule has 0 atom stereocenters. The van der Waals surface area contributed by atoms with Gasteiger partial charge in [-0.15, -0.1) is 0 Å². The van der Waals surface area contributed by atoms with Gasteiger partial charge in [-0.25, -0.2) is 9.97 Å². The standard InChI is InChI=1S/C11H12ClN3OS/c1-5(2)8-6(3)14-9(15-10(8)16)11-13-4-7(12)17-11/h4-5H,1-3H3,(H,14,15,16). The first-order valence-electron chi connectivity index (χ1n) is 5.21. The lowest BCUT2D eigenvalue weighted by Gasteiger charge is -2.08. The molecule has 4 nitrogen and oxygen atoms in total. The minimum absolute atomic E-state index is 0.103. The Morgan fingerprint density at radius 2 is 2.18 bits per heavy atom. The van der Waals surface area contributed by atoms with Gasteiger partial charge in [0.15, 0.2) is 10.8 Å². The largest absolute Gasteiger partial charge is 0.304 e. The first-order valence-corrected chi connectivity index (χ1v) is 6.41. The third kappa shape index (κ3) is 2.40. The quantitative estimate of drug-likeness (QED) is 0.912. The Hall–Kier alpha value is -1.20. The van der Waals surface area contributed by atoms with Crippen LogP contribution in [0.4, 0.5) is 0 Å². The maximum Gasteiger partial charge on any atom is 0.254 e. The molecule has 0 aromatic carbocycles. The van der Waals surface area contributed by atoms with Crippen LogP contribution in [-0.2, 0) is 0 Å². The first-order chi connectivity index (χ1) is 7.99. The summed E-state index contributed by atoms with van der Waals surface area (Å²) in [6, 6.07) is 0. The van der Waals surface area contributed by atoms with Crippen LogP contribution in [-0.4, -0.2) is 15.0 Å². The van der Waals surface area contributed by atoms with Crippen LogP contribution in [0.25, 0.3) is 10.8 Å². The Balaban J connectivity index is 2.57. The Morgan fingerprint density at radius 3 is 2.65 bits per heavy atom. The SMILES string of the molecule is Cc1nc(-c2ncc(Cl)s2)[nH]c(=O)c1C(C)C. The minimum atomic E-state index is -0.103. The molecular weight excluding hydrogens is 258 g/mol. The van der Waals surface area contributed by atoms with E-state index in [9.17, 15) is 4.79 Å². The van der Waals surface area contributed by atoms with Crippen LogP contribution in [0, 0.1) is 6.92 Å². The molecule has 2 aromatic rings. The highest BCUT2D eigenvalue weighted by molar-refractivity contribution is 7.18. The normalized spacial score (nSPS) is 11.1. The Labute approximate surface area is 108 Å². The second kappa shape index (κ2) is 4.58. The van der Waals surface area contributed by atoms with E-state index >= 15 is 0 Å². The van der Waals surface area contributed by atoms with E-state index in [1.54, 1.807) is 6.20 Å². The number of hydrogen-bond acceptors (Lipinski definition) is 4. The molecule has 0 radical (unpaired) electrons.